The molecule has 0 aliphatic heterocycles. The molecule has 2 N–H and O–H groups in total. The molecule has 166 valence electrons. The van der Waals surface area contributed by atoms with Crippen molar-refractivity contribution in [2.45, 2.75) is 39.2 Å². The zero-order chi connectivity index (χ0) is 22.4. The van der Waals surface area contributed by atoms with E-state index in [2.05, 4.69) is 30.5 Å². The second-order valence-electron chi connectivity index (χ2n) is 8.37. The van der Waals surface area contributed by atoms with E-state index in [0.717, 1.165) is 40.7 Å². The highest BCUT2D eigenvalue weighted by Gasteiger charge is 2.31. The third-order valence-corrected chi connectivity index (χ3v) is 7.32. The molecule has 9 nitrogen and oxygen atoms in total. The number of nitrogens with one attached hydrogen (secondary N) is 2. The van der Waals surface area contributed by atoms with Crippen LogP contribution in [0.3, 0.4) is 0 Å². The van der Waals surface area contributed by atoms with Crippen LogP contribution < -0.4 is 10.1 Å². The predicted octanol–water partition coefficient (Wildman–Crippen LogP) is 3.69. The number of anilines is 2. The van der Waals surface area contributed by atoms with Crippen molar-refractivity contribution >= 4 is 50.0 Å². The van der Waals surface area contributed by atoms with Crippen molar-refractivity contribution in [1.82, 2.24) is 30.0 Å². The number of aryl methyl sites for hydroxylation is 1. The molecule has 4 heterocycles. The predicted molar refractivity (Wildman–Crippen MR) is 125 cm³/mol. The first-order valence-corrected chi connectivity index (χ1v) is 11.4. The number of hydrogen-bond donors (Lipinski definition) is 2. The topological polar surface area (TPSA) is 109 Å². The summed E-state index contributed by atoms with van der Waals surface area (Å²) in [7, 11) is 3.47. The lowest BCUT2D eigenvalue weighted by atomic mass is 9.86. The maximum Gasteiger partial charge on any atom is 0.239 e. The Morgan fingerprint density at radius 2 is 2.22 bits per heavy atom. The fourth-order valence-corrected chi connectivity index (χ4v) is 5.46. The van der Waals surface area contributed by atoms with Crippen LogP contribution in [0.5, 0.6) is 5.88 Å². The molecule has 0 spiro atoms. The summed E-state index contributed by atoms with van der Waals surface area (Å²) in [5, 5.41) is 12.2. The first-order valence-electron chi connectivity index (χ1n) is 10.6. The molecular weight excluding hydrogens is 426 g/mol. The molecule has 4 aromatic heterocycles. The largest absolute Gasteiger partial charge is 0.479 e. The van der Waals surface area contributed by atoms with Crippen LogP contribution in [0.2, 0.25) is 0 Å². The van der Waals surface area contributed by atoms with Gasteiger partial charge in [0.05, 0.1) is 18.7 Å². The summed E-state index contributed by atoms with van der Waals surface area (Å²) in [6, 6.07) is 2.14. The van der Waals surface area contributed by atoms with Gasteiger partial charge in [-0.25, -0.2) is 9.97 Å². The molecule has 1 aliphatic rings. The molecular formula is C22H25N7O2S. The number of thiophene rings is 1. The van der Waals surface area contributed by atoms with Gasteiger partial charge in [0, 0.05) is 29.3 Å². The minimum absolute atomic E-state index is 0.0140. The van der Waals surface area contributed by atoms with Crippen LogP contribution in [-0.4, -0.2) is 56.2 Å². The van der Waals surface area contributed by atoms with Crippen molar-refractivity contribution in [3.8, 4) is 5.88 Å². The molecule has 10 heteroatoms. The van der Waals surface area contributed by atoms with Crippen molar-refractivity contribution in [3.05, 3.63) is 29.0 Å². The number of aromatic amines is 1. The smallest absolute Gasteiger partial charge is 0.239 e. The SMILES string of the molecule is COc1nc2[nH]ncc2cc1Nc1ncnc2sc3c(c12)CC[C@H](C(=O)N(C)C(C)C)C3. The molecule has 32 heavy (non-hydrogen) atoms. The molecule has 1 aliphatic carbocycles. The number of H-pyrrole nitrogens is 1. The summed E-state index contributed by atoms with van der Waals surface area (Å²) in [5.41, 5.74) is 2.61. The van der Waals surface area contributed by atoms with Crippen LogP contribution in [0.1, 0.15) is 30.7 Å². The van der Waals surface area contributed by atoms with Gasteiger partial charge < -0.3 is 15.0 Å². The second kappa shape index (κ2) is 8.01. The zero-order valence-corrected chi connectivity index (χ0v) is 19.3. The summed E-state index contributed by atoms with van der Waals surface area (Å²) < 4.78 is 5.48. The molecule has 0 unspecified atom stereocenters. The Morgan fingerprint density at radius 1 is 1.38 bits per heavy atom. The Bertz CT molecular complexity index is 1310. The van der Waals surface area contributed by atoms with Crippen molar-refractivity contribution in [1.29, 1.82) is 0 Å². The Hall–Kier alpha value is -3.27. The Kier molecular flexibility index (Phi) is 5.16. The third kappa shape index (κ3) is 3.44. The highest BCUT2D eigenvalue weighted by Crippen LogP contribution is 2.41. The molecule has 5 rings (SSSR count). The van der Waals surface area contributed by atoms with Gasteiger partial charge in [0.2, 0.25) is 11.8 Å². The molecule has 0 saturated carbocycles. The first kappa shape index (κ1) is 20.6. The fourth-order valence-electron chi connectivity index (χ4n) is 4.19. The molecule has 1 amide bonds. The van der Waals surface area contributed by atoms with Gasteiger partial charge in [-0.15, -0.1) is 11.3 Å². The lowest BCUT2D eigenvalue weighted by molar-refractivity contribution is -0.136. The molecule has 0 radical (unpaired) electrons. The van der Waals surface area contributed by atoms with Gasteiger partial charge in [-0.1, -0.05) is 0 Å². The van der Waals surface area contributed by atoms with Crippen LogP contribution in [-0.2, 0) is 17.6 Å². The third-order valence-electron chi connectivity index (χ3n) is 6.15. The van der Waals surface area contributed by atoms with Gasteiger partial charge in [-0.3, -0.25) is 9.89 Å². The summed E-state index contributed by atoms with van der Waals surface area (Å²) in [6.07, 6.45) is 5.70. The number of amides is 1. The van der Waals surface area contributed by atoms with Gasteiger partial charge >= 0.3 is 0 Å². The van der Waals surface area contributed by atoms with Crippen molar-refractivity contribution < 1.29 is 9.53 Å². The number of methoxy groups -OCH3 is 1. The van der Waals surface area contributed by atoms with E-state index in [0.29, 0.717) is 17.2 Å². The van der Waals surface area contributed by atoms with Crippen molar-refractivity contribution in [3.63, 3.8) is 0 Å². The van der Waals surface area contributed by atoms with E-state index in [9.17, 15) is 4.79 Å². The summed E-state index contributed by atoms with van der Waals surface area (Å²) >= 11 is 1.66. The Balaban J connectivity index is 1.50. The highest BCUT2D eigenvalue weighted by molar-refractivity contribution is 7.19. The molecule has 0 aromatic carbocycles. The van der Waals surface area contributed by atoms with Crippen LogP contribution in [0, 0.1) is 5.92 Å². The molecule has 0 fully saturated rings. The second-order valence-corrected chi connectivity index (χ2v) is 9.45. The van der Waals surface area contributed by atoms with Gasteiger partial charge in [0.15, 0.2) is 5.65 Å². The van der Waals surface area contributed by atoms with Crippen LogP contribution in [0.4, 0.5) is 11.5 Å². The van der Waals surface area contributed by atoms with E-state index < -0.39 is 0 Å². The number of ether oxygens (including phenoxy) is 1. The normalized spacial score (nSPS) is 15.8. The number of carbonyl (C=O) groups excluding carboxylic acids is 1. The van der Waals surface area contributed by atoms with Crippen LogP contribution in [0.25, 0.3) is 21.3 Å². The number of fused-ring (bicyclic) bond motifs is 4. The van der Waals surface area contributed by atoms with E-state index in [1.807, 2.05) is 31.9 Å². The lowest BCUT2D eigenvalue weighted by Gasteiger charge is -2.29. The maximum atomic E-state index is 12.9. The van der Waals surface area contributed by atoms with Gasteiger partial charge in [0.25, 0.3) is 0 Å². The zero-order valence-electron chi connectivity index (χ0n) is 18.5. The van der Waals surface area contributed by atoms with Gasteiger partial charge in [-0.05, 0) is 44.7 Å². The average Bonchev–Trinajstić information content (AvgIpc) is 3.40. The van der Waals surface area contributed by atoms with E-state index in [1.165, 1.54) is 10.4 Å². The van der Waals surface area contributed by atoms with E-state index in [4.69, 9.17) is 4.74 Å². The Labute approximate surface area is 189 Å². The van der Waals surface area contributed by atoms with Gasteiger partial charge in [0.1, 0.15) is 22.7 Å². The summed E-state index contributed by atoms with van der Waals surface area (Å²) in [5.74, 6) is 1.41. The average molecular weight is 452 g/mol. The van der Waals surface area contributed by atoms with Gasteiger partial charge in [-0.2, -0.15) is 10.1 Å². The van der Waals surface area contributed by atoms with Crippen molar-refractivity contribution in [2.24, 2.45) is 5.92 Å². The minimum atomic E-state index is 0.0140. The minimum Gasteiger partial charge on any atom is -0.479 e. The monoisotopic (exact) mass is 451 g/mol. The summed E-state index contributed by atoms with van der Waals surface area (Å²) in [4.78, 5) is 30.4. The highest BCUT2D eigenvalue weighted by atomic mass is 32.1. The number of carbonyl (C=O) groups is 1. The maximum absolute atomic E-state index is 12.9. The fraction of sp³-hybridized carbons (Fsp3) is 0.409. The number of nitrogens with zero attached hydrogens (tertiary/aromatic N) is 5. The molecule has 0 saturated heterocycles. The number of rotatable bonds is 5. The van der Waals surface area contributed by atoms with E-state index >= 15 is 0 Å². The van der Waals surface area contributed by atoms with Crippen LogP contribution >= 0.6 is 11.3 Å². The number of pyridine rings is 1. The molecule has 4 aromatic rings. The molecule has 0 bridgehead atoms. The quantitative estimate of drug-likeness (QED) is 0.476. The molecule has 1 atom stereocenters. The number of aromatic nitrogens is 5. The Morgan fingerprint density at radius 3 is 3.00 bits per heavy atom. The van der Waals surface area contributed by atoms with E-state index in [-0.39, 0.29) is 17.9 Å². The number of hydrogen-bond acceptors (Lipinski definition) is 8. The standard InChI is InChI=1S/C22H25N7O2S/c1-11(2)29(3)22(30)12-5-6-14-16(8-12)32-21-17(14)19(23-10-24-21)26-15-7-13-9-25-28-18(13)27-20(15)31-4/h7,9-12H,5-6,8H2,1-4H3,(H,23,24,26)(H,25,27,28)/t12-/m0/s1. The van der Waals surface area contributed by atoms with Crippen LogP contribution in [0.15, 0.2) is 18.6 Å². The summed E-state index contributed by atoms with van der Waals surface area (Å²) in [6.45, 7) is 4.09. The van der Waals surface area contributed by atoms with E-state index in [1.54, 1.807) is 31.0 Å². The first-order chi connectivity index (χ1) is 15.5. The lowest BCUT2D eigenvalue weighted by Crippen LogP contribution is -2.39. The van der Waals surface area contributed by atoms with Crippen molar-refractivity contribution in [2.75, 3.05) is 19.5 Å².